The van der Waals surface area contributed by atoms with E-state index in [1.165, 1.54) is 5.69 Å². The van der Waals surface area contributed by atoms with E-state index < -0.39 is 0 Å². The molecule has 20 heavy (non-hydrogen) atoms. The van der Waals surface area contributed by atoms with Crippen molar-refractivity contribution in [2.24, 2.45) is 0 Å². The Kier molecular flexibility index (Phi) is 6.30. The molecule has 1 aromatic carbocycles. The van der Waals surface area contributed by atoms with Crippen LogP contribution < -0.4 is 4.90 Å². The molecule has 4 nitrogen and oxygen atoms in total. The van der Waals surface area contributed by atoms with E-state index in [1.807, 2.05) is 13.0 Å². The van der Waals surface area contributed by atoms with Gasteiger partial charge in [-0.1, -0.05) is 25.1 Å². The van der Waals surface area contributed by atoms with E-state index in [0.717, 1.165) is 45.8 Å². The molecule has 0 unspecified atom stereocenters. The summed E-state index contributed by atoms with van der Waals surface area (Å²) in [5.41, 5.74) is 1.19. The molecule has 1 atom stereocenters. The van der Waals surface area contributed by atoms with Crippen LogP contribution in [0.2, 0.25) is 0 Å². The summed E-state index contributed by atoms with van der Waals surface area (Å²) in [7, 11) is 0. The van der Waals surface area contributed by atoms with Crippen molar-refractivity contribution in [3.8, 4) is 0 Å². The molecule has 1 fully saturated rings. The number of ether oxygens (including phenoxy) is 1. The van der Waals surface area contributed by atoms with Gasteiger partial charge in [0.15, 0.2) is 0 Å². The highest BCUT2D eigenvalue weighted by molar-refractivity contribution is 5.46. The predicted octanol–water partition coefficient (Wildman–Crippen LogP) is 1.60. The van der Waals surface area contributed by atoms with Crippen LogP contribution in [-0.2, 0) is 4.74 Å². The second kappa shape index (κ2) is 8.25. The first-order chi connectivity index (χ1) is 9.79. The Balaban J connectivity index is 1.91. The first kappa shape index (κ1) is 15.3. The fraction of sp³-hybridized carbons (Fsp3) is 0.625. The van der Waals surface area contributed by atoms with Crippen LogP contribution >= 0.6 is 0 Å². The number of aliphatic hydroxyl groups is 1. The highest BCUT2D eigenvalue weighted by Crippen LogP contribution is 2.14. The monoisotopic (exact) mass is 278 g/mol. The third-order valence-corrected chi connectivity index (χ3v) is 3.81. The Labute approximate surface area is 122 Å². The van der Waals surface area contributed by atoms with Gasteiger partial charge in [0.05, 0.1) is 19.3 Å². The van der Waals surface area contributed by atoms with Crippen molar-refractivity contribution in [3.05, 3.63) is 30.3 Å². The van der Waals surface area contributed by atoms with Gasteiger partial charge in [-0.25, -0.2) is 0 Å². The van der Waals surface area contributed by atoms with Gasteiger partial charge in [-0.3, -0.25) is 4.90 Å². The molecule has 1 N–H and O–H groups in total. The molecule has 1 saturated heterocycles. The molecule has 0 bridgehead atoms. The van der Waals surface area contributed by atoms with Gasteiger partial charge in [0.1, 0.15) is 0 Å². The first-order valence-electron chi connectivity index (χ1n) is 7.57. The minimum absolute atomic E-state index is 0.264. The maximum Gasteiger partial charge on any atom is 0.0712 e. The number of aliphatic hydroxyl groups excluding tert-OH is 1. The van der Waals surface area contributed by atoms with Gasteiger partial charge in [0, 0.05) is 38.4 Å². The average Bonchev–Trinajstić information content (AvgIpc) is 2.53. The van der Waals surface area contributed by atoms with Crippen LogP contribution in [0.5, 0.6) is 0 Å². The van der Waals surface area contributed by atoms with Crippen molar-refractivity contribution in [2.75, 3.05) is 50.8 Å². The molecule has 1 aromatic rings. The normalized spacial score (nSPS) is 17.9. The van der Waals surface area contributed by atoms with E-state index in [2.05, 4.69) is 34.1 Å². The van der Waals surface area contributed by atoms with E-state index >= 15 is 0 Å². The molecule has 1 aliphatic heterocycles. The predicted molar refractivity (Wildman–Crippen MR) is 82.2 cm³/mol. The van der Waals surface area contributed by atoms with Crippen LogP contribution in [0.4, 0.5) is 5.69 Å². The SMILES string of the molecule is CC[C@H](O)CN(CCN1CCOCC1)c1ccccc1. The number of benzene rings is 1. The topological polar surface area (TPSA) is 35.9 Å². The van der Waals surface area contributed by atoms with Crippen molar-refractivity contribution in [3.63, 3.8) is 0 Å². The van der Waals surface area contributed by atoms with Crippen molar-refractivity contribution >= 4 is 5.69 Å². The molecule has 0 radical (unpaired) electrons. The van der Waals surface area contributed by atoms with E-state index in [0.29, 0.717) is 6.54 Å². The first-order valence-corrected chi connectivity index (χ1v) is 7.57. The van der Waals surface area contributed by atoms with E-state index in [9.17, 15) is 5.11 Å². The minimum atomic E-state index is -0.264. The van der Waals surface area contributed by atoms with E-state index in [4.69, 9.17) is 4.74 Å². The molecule has 0 amide bonds. The maximum atomic E-state index is 9.95. The van der Waals surface area contributed by atoms with Gasteiger partial charge in [-0.2, -0.15) is 0 Å². The van der Waals surface area contributed by atoms with Crippen LogP contribution in [0.1, 0.15) is 13.3 Å². The Bertz CT molecular complexity index is 366. The van der Waals surface area contributed by atoms with Gasteiger partial charge in [-0.05, 0) is 18.6 Å². The zero-order valence-electron chi connectivity index (χ0n) is 12.4. The highest BCUT2D eigenvalue weighted by Gasteiger charge is 2.14. The summed E-state index contributed by atoms with van der Waals surface area (Å²) in [6.07, 6.45) is 0.529. The summed E-state index contributed by atoms with van der Waals surface area (Å²) >= 11 is 0. The number of hydrogen-bond donors (Lipinski definition) is 1. The summed E-state index contributed by atoms with van der Waals surface area (Å²) in [4.78, 5) is 4.71. The molecule has 1 aliphatic rings. The molecule has 2 rings (SSSR count). The van der Waals surface area contributed by atoms with Gasteiger partial charge < -0.3 is 14.7 Å². The lowest BCUT2D eigenvalue weighted by molar-refractivity contribution is 0.0389. The third kappa shape index (κ3) is 4.78. The second-order valence-corrected chi connectivity index (χ2v) is 5.30. The standard InChI is InChI=1S/C16H26N2O2/c1-2-16(19)14-18(15-6-4-3-5-7-15)9-8-17-10-12-20-13-11-17/h3-7,16,19H,2,8-14H2,1H3/t16-/m0/s1. The summed E-state index contributed by atoms with van der Waals surface area (Å²) in [5, 5.41) is 9.95. The van der Waals surface area contributed by atoms with Gasteiger partial charge in [0.2, 0.25) is 0 Å². The second-order valence-electron chi connectivity index (χ2n) is 5.30. The summed E-state index contributed by atoms with van der Waals surface area (Å²) in [6.45, 7) is 8.39. The number of nitrogens with zero attached hydrogens (tertiary/aromatic N) is 2. The number of rotatable bonds is 7. The largest absolute Gasteiger partial charge is 0.391 e. The van der Waals surface area contributed by atoms with Crippen molar-refractivity contribution < 1.29 is 9.84 Å². The van der Waals surface area contributed by atoms with Crippen LogP contribution in [0.15, 0.2) is 30.3 Å². The quantitative estimate of drug-likeness (QED) is 0.822. The van der Waals surface area contributed by atoms with Crippen LogP contribution in [0, 0.1) is 0 Å². The van der Waals surface area contributed by atoms with Crippen molar-refractivity contribution in [1.29, 1.82) is 0 Å². The Morgan fingerprint density at radius 3 is 2.60 bits per heavy atom. The number of morpholine rings is 1. The molecule has 0 aromatic heterocycles. The molecular weight excluding hydrogens is 252 g/mol. The zero-order valence-corrected chi connectivity index (χ0v) is 12.4. The molecule has 0 saturated carbocycles. The van der Waals surface area contributed by atoms with Gasteiger partial charge >= 0.3 is 0 Å². The van der Waals surface area contributed by atoms with Crippen LogP contribution in [-0.4, -0.2) is 62.0 Å². The zero-order chi connectivity index (χ0) is 14.2. The van der Waals surface area contributed by atoms with Crippen molar-refractivity contribution in [2.45, 2.75) is 19.4 Å². The minimum Gasteiger partial charge on any atom is -0.391 e. The molecule has 4 heteroatoms. The fourth-order valence-electron chi connectivity index (χ4n) is 2.44. The fourth-order valence-corrected chi connectivity index (χ4v) is 2.44. The molecule has 0 aliphatic carbocycles. The third-order valence-electron chi connectivity index (χ3n) is 3.81. The summed E-state index contributed by atoms with van der Waals surface area (Å²) < 4.78 is 5.38. The summed E-state index contributed by atoms with van der Waals surface area (Å²) in [6, 6.07) is 10.4. The van der Waals surface area contributed by atoms with Crippen molar-refractivity contribution in [1.82, 2.24) is 4.90 Å². The highest BCUT2D eigenvalue weighted by atomic mass is 16.5. The van der Waals surface area contributed by atoms with E-state index in [-0.39, 0.29) is 6.10 Å². The average molecular weight is 278 g/mol. The van der Waals surface area contributed by atoms with Crippen LogP contribution in [0.3, 0.4) is 0 Å². The maximum absolute atomic E-state index is 9.95. The van der Waals surface area contributed by atoms with Gasteiger partial charge in [0.25, 0.3) is 0 Å². The smallest absolute Gasteiger partial charge is 0.0712 e. The number of para-hydroxylation sites is 1. The van der Waals surface area contributed by atoms with E-state index in [1.54, 1.807) is 0 Å². The van der Waals surface area contributed by atoms with Gasteiger partial charge in [-0.15, -0.1) is 0 Å². The lowest BCUT2D eigenvalue weighted by atomic mass is 10.2. The Morgan fingerprint density at radius 1 is 1.25 bits per heavy atom. The molecule has 0 spiro atoms. The number of anilines is 1. The molecule has 112 valence electrons. The molecule has 1 heterocycles. The lowest BCUT2D eigenvalue weighted by Crippen LogP contribution is -2.43. The number of hydrogen-bond acceptors (Lipinski definition) is 4. The summed E-state index contributed by atoms with van der Waals surface area (Å²) in [5.74, 6) is 0. The molecular formula is C16H26N2O2. The lowest BCUT2D eigenvalue weighted by Gasteiger charge is -2.32. The van der Waals surface area contributed by atoms with Crippen LogP contribution in [0.25, 0.3) is 0 Å². The Hall–Kier alpha value is -1.10. The Morgan fingerprint density at radius 2 is 1.95 bits per heavy atom.